The summed E-state index contributed by atoms with van der Waals surface area (Å²) in [6.07, 6.45) is -4.05. The van der Waals surface area contributed by atoms with Crippen LogP contribution in [-0.2, 0) is 4.79 Å². The lowest BCUT2D eigenvalue weighted by molar-refractivity contribution is -0.124. The van der Waals surface area contributed by atoms with Crippen LogP contribution in [0, 0.1) is 0 Å². The Labute approximate surface area is 84.9 Å². The van der Waals surface area contributed by atoms with Crippen molar-refractivity contribution >= 4 is 5.91 Å². The minimum Gasteiger partial charge on any atom is -0.391 e. The van der Waals surface area contributed by atoms with Crippen molar-refractivity contribution in [2.75, 3.05) is 6.54 Å². The van der Waals surface area contributed by atoms with Gasteiger partial charge in [0.25, 0.3) is 0 Å². The monoisotopic (exact) mass is 226 g/mol. The fourth-order valence-electron chi connectivity index (χ4n) is 0.727. The summed E-state index contributed by atoms with van der Waals surface area (Å²) in [5, 5.41) is 11.0. The van der Waals surface area contributed by atoms with Crippen LogP contribution in [0.5, 0.6) is 0 Å². The molecule has 7 heteroatoms. The number of carbonyl (C=O) groups excluding carboxylic acids is 1. The highest BCUT2D eigenvalue weighted by molar-refractivity contribution is 5.82. The molecule has 0 fully saturated rings. The molecule has 0 aliphatic heterocycles. The lowest BCUT2D eigenvalue weighted by Crippen LogP contribution is -2.47. The van der Waals surface area contributed by atoms with Crippen molar-refractivity contribution in [1.82, 2.24) is 5.32 Å². The fourth-order valence-corrected chi connectivity index (χ4v) is 0.727. The van der Waals surface area contributed by atoms with E-state index in [2.05, 4.69) is 5.32 Å². The lowest BCUT2D eigenvalue weighted by Gasteiger charge is -2.13. The van der Waals surface area contributed by atoms with Gasteiger partial charge in [0.2, 0.25) is 5.91 Å². The number of nitrogens with two attached hydrogens (primary N) is 1. The molecule has 0 spiro atoms. The van der Waals surface area contributed by atoms with Gasteiger partial charge in [-0.3, -0.25) is 4.79 Å². The van der Waals surface area contributed by atoms with E-state index in [1.807, 2.05) is 0 Å². The minimum absolute atomic E-state index is 0.289. The van der Waals surface area contributed by atoms with Crippen LogP contribution in [0.15, 0.2) is 11.9 Å². The van der Waals surface area contributed by atoms with Gasteiger partial charge in [0.15, 0.2) is 5.83 Å². The van der Waals surface area contributed by atoms with Crippen LogP contribution >= 0.6 is 0 Å². The Bertz CT molecular complexity index is 252. The van der Waals surface area contributed by atoms with E-state index in [4.69, 9.17) is 10.8 Å². The molecule has 0 heterocycles. The summed E-state index contributed by atoms with van der Waals surface area (Å²) in [7, 11) is 0. The molecule has 0 aromatic carbocycles. The average molecular weight is 226 g/mol. The van der Waals surface area contributed by atoms with E-state index in [1.165, 1.54) is 6.92 Å². The summed E-state index contributed by atoms with van der Waals surface area (Å²) in [6, 6.07) is -1.15. The summed E-state index contributed by atoms with van der Waals surface area (Å²) < 4.78 is 35.4. The zero-order chi connectivity index (χ0) is 12.0. The van der Waals surface area contributed by atoms with Gasteiger partial charge >= 0.3 is 6.08 Å². The maximum Gasteiger partial charge on any atom is 0.301 e. The second kappa shape index (κ2) is 6.41. The molecule has 0 aromatic rings. The Morgan fingerprint density at radius 3 is 2.40 bits per heavy atom. The normalized spacial score (nSPS) is 14.3. The van der Waals surface area contributed by atoms with Crippen LogP contribution in [0.4, 0.5) is 13.2 Å². The molecule has 4 N–H and O–H groups in total. The summed E-state index contributed by atoms with van der Waals surface area (Å²) in [6.45, 7) is 1.02. The van der Waals surface area contributed by atoms with Crippen molar-refractivity contribution in [3.05, 3.63) is 11.9 Å². The van der Waals surface area contributed by atoms with Crippen LogP contribution in [0.1, 0.15) is 13.3 Å². The molecule has 0 radical (unpaired) electrons. The highest BCUT2D eigenvalue weighted by Gasteiger charge is 2.18. The predicted molar refractivity (Wildman–Crippen MR) is 47.6 cm³/mol. The van der Waals surface area contributed by atoms with Gasteiger partial charge in [0.1, 0.15) is 6.04 Å². The molecule has 15 heavy (non-hydrogen) atoms. The van der Waals surface area contributed by atoms with Crippen LogP contribution in [0.2, 0.25) is 0 Å². The Kier molecular flexibility index (Phi) is 5.95. The molecule has 0 rings (SSSR count). The number of amides is 1. The van der Waals surface area contributed by atoms with Crippen molar-refractivity contribution < 1.29 is 23.1 Å². The van der Waals surface area contributed by atoms with Crippen LogP contribution in [0.25, 0.3) is 0 Å². The van der Waals surface area contributed by atoms with Crippen molar-refractivity contribution in [2.45, 2.75) is 25.5 Å². The van der Waals surface area contributed by atoms with Gasteiger partial charge in [-0.1, -0.05) is 0 Å². The van der Waals surface area contributed by atoms with E-state index in [0.717, 1.165) is 0 Å². The first kappa shape index (κ1) is 13.9. The molecule has 0 aromatic heterocycles. The second-order valence-electron chi connectivity index (χ2n) is 2.97. The van der Waals surface area contributed by atoms with Gasteiger partial charge in [-0.2, -0.15) is 8.78 Å². The predicted octanol–water partition coefficient (Wildman–Crippen LogP) is 0.278. The molecular formula is C8H13F3N2O2. The number of hydrogen-bond donors (Lipinski definition) is 3. The zero-order valence-electron chi connectivity index (χ0n) is 8.14. The lowest BCUT2D eigenvalue weighted by atomic mass is 10.2. The molecule has 0 bridgehead atoms. The summed E-state index contributed by atoms with van der Waals surface area (Å²) >= 11 is 0. The third kappa shape index (κ3) is 5.38. The molecule has 0 saturated carbocycles. The fraction of sp³-hybridized carbons (Fsp3) is 0.625. The topological polar surface area (TPSA) is 75.3 Å². The summed E-state index contributed by atoms with van der Waals surface area (Å²) in [5.74, 6) is -2.28. The van der Waals surface area contributed by atoms with Gasteiger partial charge in [-0.15, -0.1) is 0 Å². The summed E-state index contributed by atoms with van der Waals surface area (Å²) in [4.78, 5) is 11.0. The van der Waals surface area contributed by atoms with Crippen LogP contribution < -0.4 is 11.1 Å². The molecule has 0 aliphatic carbocycles. The number of aliphatic hydroxyl groups is 1. The molecule has 88 valence electrons. The maximum absolute atomic E-state index is 12.2. The van der Waals surface area contributed by atoms with Gasteiger partial charge < -0.3 is 16.2 Å². The Morgan fingerprint density at radius 1 is 1.47 bits per heavy atom. The molecule has 4 nitrogen and oxygen atoms in total. The number of nitrogens with one attached hydrogen (secondary N) is 1. The highest BCUT2D eigenvalue weighted by Crippen LogP contribution is 2.11. The van der Waals surface area contributed by atoms with Crippen LogP contribution in [-0.4, -0.2) is 29.7 Å². The molecule has 0 aliphatic rings. The van der Waals surface area contributed by atoms with Gasteiger partial charge in [0.05, 0.1) is 6.10 Å². The van der Waals surface area contributed by atoms with Gasteiger partial charge in [-0.05, 0) is 6.92 Å². The Morgan fingerprint density at radius 2 is 2.00 bits per heavy atom. The quantitative estimate of drug-likeness (QED) is 0.630. The molecule has 1 unspecified atom stereocenters. The van der Waals surface area contributed by atoms with E-state index in [1.54, 1.807) is 0 Å². The van der Waals surface area contributed by atoms with Crippen molar-refractivity contribution in [3.8, 4) is 0 Å². The first-order valence-corrected chi connectivity index (χ1v) is 4.27. The molecule has 2 atom stereocenters. The first-order chi connectivity index (χ1) is 6.86. The maximum atomic E-state index is 12.2. The third-order valence-electron chi connectivity index (χ3n) is 1.67. The van der Waals surface area contributed by atoms with Crippen molar-refractivity contribution in [3.63, 3.8) is 0 Å². The zero-order valence-corrected chi connectivity index (χ0v) is 8.14. The molecule has 1 amide bonds. The van der Waals surface area contributed by atoms with E-state index in [9.17, 15) is 18.0 Å². The van der Waals surface area contributed by atoms with E-state index in [0.29, 0.717) is 0 Å². The van der Waals surface area contributed by atoms with E-state index in [-0.39, 0.29) is 6.54 Å². The van der Waals surface area contributed by atoms with E-state index < -0.39 is 36.4 Å². The largest absolute Gasteiger partial charge is 0.391 e. The first-order valence-electron chi connectivity index (χ1n) is 4.27. The average Bonchev–Trinajstić information content (AvgIpc) is 2.15. The van der Waals surface area contributed by atoms with Gasteiger partial charge in [-0.25, -0.2) is 4.39 Å². The van der Waals surface area contributed by atoms with Crippen LogP contribution in [0.3, 0.4) is 0 Å². The second-order valence-corrected chi connectivity index (χ2v) is 2.97. The number of hydrogen-bond acceptors (Lipinski definition) is 3. The Balaban J connectivity index is 3.88. The minimum atomic E-state index is -2.40. The Hall–Kier alpha value is -1.08. The number of aliphatic hydroxyl groups excluding tert-OH is 1. The number of carbonyl (C=O) groups is 1. The molecule has 0 saturated heterocycles. The summed E-state index contributed by atoms with van der Waals surface area (Å²) in [5.41, 5.74) is 5.22. The van der Waals surface area contributed by atoms with Crippen molar-refractivity contribution in [1.29, 1.82) is 0 Å². The van der Waals surface area contributed by atoms with Gasteiger partial charge in [0, 0.05) is 13.0 Å². The SMILES string of the molecule is C[C@H](O)C(N)C(=O)NCCC(F)=C(F)F. The van der Waals surface area contributed by atoms with Crippen molar-refractivity contribution in [2.24, 2.45) is 5.73 Å². The smallest absolute Gasteiger partial charge is 0.301 e. The number of halogens is 3. The highest BCUT2D eigenvalue weighted by atomic mass is 19.3. The van der Waals surface area contributed by atoms with E-state index >= 15 is 0 Å². The standard InChI is InChI=1S/C8H13F3N2O2/c1-4(14)6(12)8(15)13-3-2-5(9)7(10)11/h4,6,14H,2-3,12H2,1H3,(H,13,15)/t4-,6?/m0/s1. The number of rotatable bonds is 5. The third-order valence-corrected chi connectivity index (χ3v) is 1.67. The molecular weight excluding hydrogens is 213 g/mol.